The largest absolute Gasteiger partial charge is 0.493 e. The molecule has 5 rings (SSSR count). The van der Waals surface area contributed by atoms with E-state index in [4.69, 9.17) is 14.5 Å². The molecule has 1 saturated heterocycles. The molecule has 2 aromatic carbocycles. The zero-order valence-corrected chi connectivity index (χ0v) is 18.0. The minimum absolute atomic E-state index is 0.594. The van der Waals surface area contributed by atoms with Crippen molar-refractivity contribution in [1.29, 1.82) is 0 Å². The van der Waals surface area contributed by atoms with Gasteiger partial charge in [-0.3, -0.25) is 4.99 Å². The Balaban J connectivity index is 1.26. The van der Waals surface area contributed by atoms with Crippen LogP contribution in [0.1, 0.15) is 18.4 Å². The van der Waals surface area contributed by atoms with E-state index in [9.17, 15) is 0 Å². The normalized spacial score (nSPS) is 17.6. The second-order valence-corrected chi connectivity index (χ2v) is 8.10. The summed E-state index contributed by atoms with van der Waals surface area (Å²) in [6.45, 7) is 2.80. The summed E-state index contributed by atoms with van der Waals surface area (Å²) in [5.41, 5.74) is 3.39. The first kappa shape index (κ1) is 19.6. The fourth-order valence-electron chi connectivity index (χ4n) is 4.46. The van der Waals surface area contributed by atoms with Crippen molar-refractivity contribution >= 4 is 28.2 Å². The molecule has 0 aliphatic carbocycles. The quantitative estimate of drug-likeness (QED) is 0.678. The average molecular weight is 418 g/mol. The predicted octanol–water partition coefficient (Wildman–Crippen LogP) is 3.93. The Morgan fingerprint density at radius 1 is 1.06 bits per heavy atom. The second kappa shape index (κ2) is 8.41. The van der Waals surface area contributed by atoms with Gasteiger partial charge in [0.2, 0.25) is 0 Å². The maximum absolute atomic E-state index is 5.49. The van der Waals surface area contributed by atoms with Crippen molar-refractivity contribution in [2.24, 2.45) is 10.9 Å². The average Bonchev–Trinajstić information content (AvgIpc) is 3.25. The minimum Gasteiger partial charge on any atom is -0.493 e. The smallest absolute Gasteiger partial charge is 0.162 e. The molecule has 0 amide bonds. The van der Waals surface area contributed by atoms with E-state index >= 15 is 0 Å². The highest BCUT2D eigenvalue weighted by atomic mass is 16.5. The van der Waals surface area contributed by atoms with Gasteiger partial charge in [-0.1, -0.05) is 18.2 Å². The molecule has 1 N–H and O–H groups in total. The van der Waals surface area contributed by atoms with Crippen LogP contribution in [0.25, 0.3) is 10.9 Å². The zero-order chi connectivity index (χ0) is 21.2. The van der Waals surface area contributed by atoms with Crippen molar-refractivity contribution in [3.05, 3.63) is 48.3 Å². The van der Waals surface area contributed by atoms with Crippen molar-refractivity contribution in [2.75, 3.05) is 44.1 Å². The molecule has 0 atom stereocenters. The standard InChI is InChI=1S/C24H27N5O2/c1-30-21-12-18-20(13-22(21)31-2)26-15-27-24(18)29-9-7-16(8-10-29)14-25-23-11-17-5-3-4-6-19(17)28-23/h3-6,12-13,15-16H,7-11,14H2,1-2H3,(H,25,28). The van der Waals surface area contributed by atoms with Gasteiger partial charge in [0.05, 0.1) is 19.7 Å². The minimum atomic E-state index is 0.594. The molecule has 7 heteroatoms. The van der Waals surface area contributed by atoms with Gasteiger partial charge in [0.1, 0.15) is 18.0 Å². The van der Waals surface area contributed by atoms with Gasteiger partial charge in [-0.05, 0) is 36.5 Å². The molecule has 160 valence electrons. The molecule has 2 aliphatic rings. The number of nitrogens with zero attached hydrogens (tertiary/aromatic N) is 4. The van der Waals surface area contributed by atoms with Crippen molar-refractivity contribution in [3.8, 4) is 11.5 Å². The van der Waals surface area contributed by atoms with Gasteiger partial charge >= 0.3 is 0 Å². The fourth-order valence-corrected chi connectivity index (χ4v) is 4.46. The predicted molar refractivity (Wildman–Crippen MR) is 124 cm³/mol. The third-order valence-corrected chi connectivity index (χ3v) is 6.23. The van der Waals surface area contributed by atoms with Crippen LogP contribution in [0.15, 0.2) is 47.7 Å². The third-order valence-electron chi connectivity index (χ3n) is 6.23. The number of nitrogens with one attached hydrogen (secondary N) is 1. The summed E-state index contributed by atoms with van der Waals surface area (Å²) in [6, 6.07) is 12.3. The lowest BCUT2D eigenvalue weighted by molar-refractivity contribution is 0.355. The maximum Gasteiger partial charge on any atom is 0.162 e. The van der Waals surface area contributed by atoms with Crippen LogP contribution in [0, 0.1) is 5.92 Å². The first-order valence-electron chi connectivity index (χ1n) is 10.7. The molecule has 1 aromatic heterocycles. The summed E-state index contributed by atoms with van der Waals surface area (Å²) in [5, 5.41) is 4.44. The SMILES string of the molecule is COc1cc2ncnc(N3CCC(CN=C4Cc5ccccc5N4)CC3)c2cc1OC. The highest BCUT2D eigenvalue weighted by Crippen LogP contribution is 2.35. The van der Waals surface area contributed by atoms with Gasteiger partial charge in [-0.15, -0.1) is 0 Å². The fraction of sp³-hybridized carbons (Fsp3) is 0.375. The number of aliphatic imine (C=N–C) groups is 1. The van der Waals surface area contributed by atoms with Gasteiger partial charge in [0.25, 0.3) is 0 Å². The Kier molecular flexibility index (Phi) is 5.32. The van der Waals surface area contributed by atoms with Crippen LogP contribution >= 0.6 is 0 Å². The number of amidine groups is 1. The van der Waals surface area contributed by atoms with E-state index in [1.807, 2.05) is 12.1 Å². The molecule has 0 saturated carbocycles. The van der Waals surface area contributed by atoms with E-state index < -0.39 is 0 Å². The Morgan fingerprint density at radius 2 is 1.84 bits per heavy atom. The Hall–Kier alpha value is -3.35. The first-order chi connectivity index (χ1) is 15.2. The van der Waals surface area contributed by atoms with Gasteiger partial charge in [0.15, 0.2) is 11.5 Å². The molecule has 7 nitrogen and oxygen atoms in total. The number of benzene rings is 2. The van der Waals surface area contributed by atoms with Crippen molar-refractivity contribution in [2.45, 2.75) is 19.3 Å². The number of piperidine rings is 1. The molecule has 0 spiro atoms. The molecule has 3 heterocycles. The van der Waals surface area contributed by atoms with E-state index in [2.05, 4.69) is 44.5 Å². The Labute approximate surface area is 182 Å². The monoisotopic (exact) mass is 417 g/mol. The molecule has 0 radical (unpaired) electrons. The van der Waals surface area contributed by atoms with Crippen LogP contribution < -0.4 is 19.7 Å². The van der Waals surface area contributed by atoms with Crippen molar-refractivity contribution in [1.82, 2.24) is 9.97 Å². The van der Waals surface area contributed by atoms with Crippen LogP contribution in [0.3, 0.4) is 0 Å². The summed E-state index contributed by atoms with van der Waals surface area (Å²) in [7, 11) is 3.29. The van der Waals surface area contributed by atoms with Gasteiger partial charge in [0, 0.05) is 43.2 Å². The van der Waals surface area contributed by atoms with Crippen LogP contribution in [0.5, 0.6) is 11.5 Å². The molecule has 3 aromatic rings. The lowest BCUT2D eigenvalue weighted by atomic mass is 9.96. The Bertz CT molecular complexity index is 1100. The van der Waals surface area contributed by atoms with E-state index in [1.54, 1.807) is 20.5 Å². The number of hydrogen-bond acceptors (Lipinski definition) is 6. The van der Waals surface area contributed by atoms with Crippen LogP contribution in [-0.4, -0.2) is 49.7 Å². The molecule has 31 heavy (non-hydrogen) atoms. The van der Waals surface area contributed by atoms with Gasteiger partial charge in [-0.25, -0.2) is 9.97 Å². The first-order valence-corrected chi connectivity index (χ1v) is 10.7. The highest BCUT2D eigenvalue weighted by molar-refractivity contribution is 6.02. The van der Waals surface area contributed by atoms with E-state index in [1.165, 1.54) is 11.3 Å². The summed E-state index contributed by atoms with van der Waals surface area (Å²) in [5.74, 6) is 4.02. The van der Waals surface area contributed by atoms with Crippen LogP contribution in [-0.2, 0) is 6.42 Å². The molecule has 0 unspecified atom stereocenters. The lowest BCUT2D eigenvalue weighted by Crippen LogP contribution is -2.35. The molecule has 1 fully saturated rings. The number of ether oxygens (including phenoxy) is 2. The second-order valence-electron chi connectivity index (χ2n) is 8.10. The summed E-state index contributed by atoms with van der Waals surface area (Å²) < 4.78 is 10.9. The number of methoxy groups -OCH3 is 2. The van der Waals surface area contributed by atoms with Crippen LogP contribution in [0.2, 0.25) is 0 Å². The van der Waals surface area contributed by atoms with E-state index in [-0.39, 0.29) is 0 Å². The maximum atomic E-state index is 5.49. The Morgan fingerprint density at radius 3 is 2.61 bits per heavy atom. The van der Waals surface area contributed by atoms with Gasteiger partial charge in [-0.2, -0.15) is 0 Å². The van der Waals surface area contributed by atoms with Crippen LogP contribution in [0.4, 0.5) is 11.5 Å². The topological polar surface area (TPSA) is 71.9 Å². The third kappa shape index (κ3) is 3.87. The molecular formula is C24H27N5O2. The summed E-state index contributed by atoms with van der Waals surface area (Å²) in [4.78, 5) is 16.3. The number of fused-ring (bicyclic) bond motifs is 2. The number of aromatic nitrogens is 2. The van der Waals surface area contributed by atoms with Crippen molar-refractivity contribution < 1.29 is 9.47 Å². The molecule has 0 bridgehead atoms. The van der Waals surface area contributed by atoms with E-state index in [0.717, 1.165) is 61.5 Å². The number of anilines is 2. The lowest BCUT2D eigenvalue weighted by Gasteiger charge is -2.32. The van der Waals surface area contributed by atoms with E-state index in [0.29, 0.717) is 17.4 Å². The van der Waals surface area contributed by atoms with Gasteiger partial charge < -0.3 is 19.7 Å². The highest BCUT2D eigenvalue weighted by Gasteiger charge is 2.23. The number of rotatable bonds is 5. The summed E-state index contributed by atoms with van der Waals surface area (Å²) in [6.07, 6.45) is 4.74. The zero-order valence-electron chi connectivity index (χ0n) is 18.0. The van der Waals surface area contributed by atoms with Crippen molar-refractivity contribution in [3.63, 3.8) is 0 Å². The molecular weight excluding hydrogens is 390 g/mol. The molecule has 2 aliphatic heterocycles. The number of para-hydroxylation sites is 1. The summed E-state index contributed by atoms with van der Waals surface area (Å²) >= 11 is 0. The number of hydrogen-bond donors (Lipinski definition) is 1.